The number of hydrogen-bond donors (Lipinski definition) is 3. The second-order valence-electron chi connectivity index (χ2n) is 7.92. The summed E-state index contributed by atoms with van der Waals surface area (Å²) in [6.07, 6.45) is 1.26. The maximum Gasteiger partial charge on any atom is 0.408 e. The van der Waals surface area contributed by atoms with Crippen LogP contribution in [0.2, 0.25) is 0 Å². The number of rotatable bonds is 11. The monoisotopic (exact) mass is 530 g/mol. The van der Waals surface area contributed by atoms with E-state index in [1.807, 2.05) is 47.8 Å². The molecule has 4 N–H and O–H groups in total. The van der Waals surface area contributed by atoms with E-state index in [9.17, 15) is 13.2 Å². The Morgan fingerprint density at radius 1 is 1.03 bits per heavy atom. The Kier molecular flexibility index (Phi) is 8.47. The van der Waals surface area contributed by atoms with Gasteiger partial charge in [-0.05, 0) is 30.9 Å². The number of ether oxygens (including phenoxy) is 1. The summed E-state index contributed by atoms with van der Waals surface area (Å²) in [4.78, 5) is 17.4. The average Bonchev–Trinajstić information content (AvgIpc) is 3.49. The predicted molar refractivity (Wildman–Crippen MR) is 140 cm³/mol. The molecule has 0 saturated carbocycles. The molecule has 0 aliphatic carbocycles. The van der Waals surface area contributed by atoms with Crippen LogP contribution in [0.3, 0.4) is 0 Å². The minimum atomic E-state index is -3.72. The van der Waals surface area contributed by atoms with Crippen molar-refractivity contribution >= 4 is 49.1 Å². The zero-order chi connectivity index (χ0) is 24.7. The Morgan fingerprint density at radius 3 is 2.60 bits per heavy atom. The molecule has 1 atom stereocenters. The van der Waals surface area contributed by atoms with Crippen LogP contribution >= 0.6 is 22.7 Å². The van der Waals surface area contributed by atoms with Crippen molar-refractivity contribution < 1.29 is 17.9 Å². The Hall–Kier alpha value is -2.83. The topological polar surface area (TPSA) is 123 Å². The maximum atomic E-state index is 12.6. The molecule has 8 nitrogen and oxygen atoms in total. The fraction of sp³-hybridized carbons (Fsp3) is 0.250. The van der Waals surface area contributed by atoms with Crippen LogP contribution in [0.4, 0.5) is 4.79 Å². The van der Waals surface area contributed by atoms with Crippen molar-refractivity contribution in [3.05, 3.63) is 76.6 Å². The number of nitrogens with one attached hydrogen (secondary N) is 2. The lowest BCUT2D eigenvalue weighted by Gasteiger charge is -2.17. The van der Waals surface area contributed by atoms with E-state index in [0.717, 1.165) is 27.2 Å². The zero-order valence-electron chi connectivity index (χ0n) is 18.8. The molecule has 0 bridgehead atoms. The highest BCUT2D eigenvalue weighted by Crippen LogP contribution is 2.36. The molecule has 184 valence electrons. The van der Waals surface area contributed by atoms with Gasteiger partial charge in [0, 0.05) is 33.0 Å². The lowest BCUT2D eigenvalue weighted by molar-refractivity contribution is 0.134. The summed E-state index contributed by atoms with van der Waals surface area (Å²) >= 11 is 3.20. The van der Waals surface area contributed by atoms with Crippen molar-refractivity contribution in [3.8, 4) is 10.6 Å². The van der Waals surface area contributed by atoms with Crippen LogP contribution in [0, 0.1) is 0 Å². The van der Waals surface area contributed by atoms with E-state index in [1.54, 1.807) is 11.3 Å². The first-order valence-corrected chi connectivity index (χ1v) is 14.4. The number of unbranched alkanes of at least 4 members (excludes halogenated alkanes) is 1. The van der Waals surface area contributed by atoms with Crippen molar-refractivity contribution in [3.63, 3.8) is 0 Å². The van der Waals surface area contributed by atoms with Crippen molar-refractivity contribution in [2.24, 2.45) is 5.14 Å². The van der Waals surface area contributed by atoms with Gasteiger partial charge in [-0.3, -0.25) is 0 Å². The zero-order valence-corrected chi connectivity index (χ0v) is 21.3. The van der Waals surface area contributed by atoms with Crippen molar-refractivity contribution in [2.45, 2.75) is 31.9 Å². The molecule has 35 heavy (non-hydrogen) atoms. The summed E-state index contributed by atoms with van der Waals surface area (Å²) in [7, 11) is -3.72. The number of nitrogens with two attached hydrogens (primary N) is 1. The SMILES string of the molecule is NS(=O)(=O)NCCCCC(NC(=O)OCc1ccccc1)c1csc(-c2csc3ccccc23)n1. The van der Waals surface area contributed by atoms with Gasteiger partial charge in [-0.15, -0.1) is 22.7 Å². The third-order valence-corrected chi connectivity index (χ3v) is 7.78. The molecule has 0 fully saturated rings. The minimum Gasteiger partial charge on any atom is -0.445 e. The third-order valence-electron chi connectivity index (χ3n) is 5.32. The van der Waals surface area contributed by atoms with Crippen molar-refractivity contribution in [2.75, 3.05) is 6.54 Å². The van der Waals surface area contributed by atoms with Gasteiger partial charge >= 0.3 is 6.09 Å². The van der Waals surface area contributed by atoms with E-state index in [-0.39, 0.29) is 19.2 Å². The predicted octanol–water partition coefficient (Wildman–Crippen LogP) is 4.96. The van der Waals surface area contributed by atoms with E-state index >= 15 is 0 Å². The number of alkyl carbamates (subject to hydrolysis) is 1. The summed E-state index contributed by atoms with van der Waals surface area (Å²) in [5.74, 6) is 0. The number of nitrogens with zero attached hydrogens (tertiary/aromatic N) is 1. The second kappa shape index (κ2) is 11.7. The molecule has 2 heterocycles. The quantitative estimate of drug-likeness (QED) is 0.237. The van der Waals surface area contributed by atoms with Gasteiger partial charge in [-0.2, -0.15) is 8.42 Å². The number of fused-ring (bicyclic) bond motifs is 1. The van der Waals surface area contributed by atoms with E-state index < -0.39 is 16.3 Å². The van der Waals surface area contributed by atoms with Crippen LogP contribution in [0.5, 0.6) is 0 Å². The van der Waals surface area contributed by atoms with Crippen molar-refractivity contribution in [1.29, 1.82) is 0 Å². The number of carbonyl (C=O) groups is 1. The number of thiazole rings is 1. The van der Waals surface area contributed by atoms with Crippen LogP contribution in [0.1, 0.15) is 36.6 Å². The molecule has 0 aliphatic heterocycles. The molecule has 0 saturated heterocycles. The number of thiophene rings is 1. The highest BCUT2D eigenvalue weighted by atomic mass is 32.2. The van der Waals surface area contributed by atoms with Gasteiger partial charge in [0.05, 0.1) is 11.7 Å². The van der Waals surface area contributed by atoms with Crippen LogP contribution in [-0.4, -0.2) is 26.0 Å². The molecule has 0 spiro atoms. The lowest BCUT2D eigenvalue weighted by Crippen LogP contribution is -2.32. The summed E-state index contributed by atoms with van der Waals surface area (Å²) in [5.41, 5.74) is 2.72. The number of hydrogen-bond acceptors (Lipinski definition) is 7. The Labute approximate surface area is 212 Å². The molecule has 0 aliphatic rings. The van der Waals surface area contributed by atoms with Crippen LogP contribution in [0.25, 0.3) is 20.7 Å². The first-order valence-electron chi connectivity index (χ1n) is 11.1. The molecule has 2 aromatic carbocycles. The Balaban J connectivity index is 1.44. The number of aromatic nitrogens is 1. The Bertz CT molecular complexity index is 1370. The largest absolute Gasteiger partial charge is 0.445 e. The Morgan fingerprint density at radius 2 is 1.80 bits per heavy atom. The highest BCUT2D eigenvalue weighted by Gasteiger charge is 2.20. The van der Waals surface area contributed by atoms with Gasteiger partial charge in [-0.25, -0.2) is 19.6 Å². The molecular weight excluding hydrogens is 504 g/mol. The van der Waals surface area contributed by atoms with Crippen LogP contribution in [-0.2, 0) is 21.6 Å². The molecule has 1 amide bonds. The minimum absolute atomic E-state index is 0.168. The van der Waals surface area contributed by atoms with Crippen molar-refractivity contribution in [1.82, 2.24) is 15.0 Å². The van der Waals surface area contributed by atoms with E-state index in [0.29, 0.717) is 19.3 Å². The molecule has 4 aromatic rings. The van der Waals surface area contributed by atoms with E-state index in [4.69, 9.17) is 14.9 Å². The fourth-order valence-electron chi connectivity index (χ4n) is 3.60. The second-order valence-corrected chi connectivity index (χ2v) is 11.1. The van der Waals surface area contributed by atoms with E-state index in [2.05, 4.69) is 27.6 Å². The van der Waals surface area contributed by atoms with Gasteiger partial charge < -0.3 is 10.1 Å². The van der Waals surface area contributed by atoms with Gasteiger partial charge in [0.2, 0.25) is 0 Å². The lowest BCUT2D eigenvalue weighted by atomic mass is 10.1. The van der Waals surface area contributed by atoms with Crippen LogP contribution in [0.15, 0.2) is 65.4 Å². The number of amides is 1. The van der Waals surface area contributed by atoms with Gasteiger partial charge in [-0.1, -0.05) is 48.5 Å². The molecule has 11 heteroatoms. The smallest absolute Gasteiger partial charge is 0.408 e. The highest BCUT2D eigenvalue weighted by molar-refractivity contribution is 7.87. The van der Waals surface area contributed by atoms with Gasteiger partial charge in [0.1, 0.15) is 11.6 Å². The van der Waals surface area contributed by atoms with Gasteiger partial charge in [0.15, 0.2) is 0 Å². The standard InChI is InChI=1S/C24H26N4O4S3/c25-35(30,31)26-13-7-6-11-20(28-24(29)32-14-17-8-2-1-3-9-17)21-16-34-23(27-21)19-15-33-22-12-5-4-10-18(19)22/h1-5,8-10,12,15-16,20,26H,6-7,11,13-14H2,(H,28,29)(H2,25,30,31). The maximum absolute atomic E-state index is 12.6. The van der Waals surface area contributed by atoms with Gasteiger partial charge in [0.25, 0.3) is 10.2 Å². The molecule has 2 aromatic heterocycles. The molecule has 1 unspecified atom stereocenters. The first kappa shape index (κ1) is 25.3. The van der Waals surface area contributed by atoms with Crippen LogP contribution < -0.4 is 15.2 Å². The summed E-state index contributed by atoms with van der Waals surface area (Å²) < 4.78 is 31.0. The first-order chi connectivity index (χ1) is 16.9. The normalized spacial score (nSPS) is 12.5. The number of carbonyl (C=O) groups excluding carboxylic acids is 1. The average molecular weight is 531 g/mol. The molecule has 4 rings (SSSR count). The summed E-state index contributed by atoms with van der Waals surface area (Å²) in [5, 5.41) is 14.0. The summed E-state index contributed by atoms with van der Waals surface area (Å²) in [6, 6.07) is 17.3. The molecular formula is C24H26N4O4S3. The summed E-state index contributed by atoms with van der Waals surface area (Å²) in [6.45, 7) is 0.397. The fourth-order valence-corrected chi connectivity index (χ4v) is 5.95. The van der Waals surface area contributed by atoms with E-state index in [1.165, 1.54) is 16.0 Å². The molecule has 0 radical (unpaired) electrons. The number of benzene rings is 2. The third kappa shape index (κ3) is 7.33.